The van der Waals surface area contributed by atoms with Crippen molar-refractivity contribution in [3.05, 3.63) is 52.3 Å². The molecule has 0 saturated carbocycles. The van der Waals surface area contributed by atoms with Gasteiger partial charge in [0.25, 0.3) is 5.69 Å². The van der Waals surface area contributed by atoms with Crippen molar-refractivity contribution in [3.8, 4) is 0 Å². The van der Waals surface area contributed by atoms with Crippen molar-refractivity contribution in [3.63, 3.8) is 0 Å². The summed E-state index contributed by atoms with van der Waals surface area (Å²) >= 11 is 0. The van der Waals surface area contributed by atoms with Gasteiger partial charge in [-0.2, -0.15) is 0 Å². The molecule has 0 bridgehead atoms. The molecule has 1 amide bonds. The summed E-state index contributed by atoms with van der Waals surface area (Å²) in [5.74, 6) is -0.800. The van der Waals surface area contributed by atoms with E-state index in [1.54, 1.807) is 6.92 Å². The summed E-state index contributed by atoms with van der Waals surface area (Å²) in [6, 6.07) is 2.96. The van der Waals surface area contributed by atoms with E-state index in [-0.39, 0.29) is 36.3 Å². The Labute approximate surface area is 135 Å². The quantitative estimate of drug-likeness (QED) is 0.453. The van der Waals surface area contributed by atoms with Crippen LogP contribution in [0.5, 0.6) is 0 Å². The summed E-state index contributed by atoms with van der Waals surface area (Å²) in [5.41, 5.74) is -0.105. The first-order chi connectivity index (χ1) is 10.8. The zero-order chi connectivity index (χ0) is 17.6. The van der Waals surface area contributed by atoms with Gasteiger partial charge in [0.05, 0.1) is 11.0 Å². The molecule has 1 rings (SSSR count). The van der Waals surface area contributed by atoms with Crippen molar-refractivity contribution < 1.29 is 14.1 Å². The first-order valence-corrected chi connectivity index (χ1v) is 7.34. The van der Waals surface area contributed by atoms with Crippen LogP contribution in [0.15, 0.2) is 30.9 Å². The van der Waals surface area contributed by atoms with Crippen LogP contribution in [-0.2, 0) is 11.3 Å². The predicted molar refractivity (Wildman–Crippen MR) is 86.4 cm³/mol. The Balaban J connectivity index is 2.99. The highest BCUT2D eigenvalue weighted by molar-refractivity contribution is 5.81. The topological polar surface area (TPSA) is 75.5 Å². The second-order valence-electron chi connectivity index (χ2n) is 5.58. The van der Waals surface area contributed by atoms with Crippen LogP contribution in [0.1, 0.15) is 26.3 Å². The molecule has 0 heterocycles. The minimum absolute atomic E-state index is 0.0531. The summed E-state index contributed by atoms with van der Waals surface area (Å²) in [6.45, 7) is 9.33. The van der Waals surface area contributed by atoms with Crippen LogP contribution in [0.3, 0.4) is 0 Å². The van der Waals surface area contributed by atoms with Crippen LogP contribution in [0.4, 0.5) is 10.1 Å². The molecule has 126 valence electrons. The Bertz CT molecular complexity index is 590. The molecule has 0 aliphatic heterocycles. The number of amides is 1. The third kappa shape index (κ3) is 5.45. The fourth-order valence-corrected chi connectivity index (χ4v) is 2.23. The molecule has 6 nitrogen and oxygen atoms in total. The normalized spacial score (nSPS) is 12.0. The number of carbonyl (C=O) groups is 1. The average Bonchev–Trinajstić information content (AvgIpc) is 2.47. The van der Waals surface area contributed by atoms with E-state index in [0.29, 0.717) is 0 Å². The Morgan fingerprint density at radius 3 is 2.65 bits per heavy atom. The number of nitrogens with one attached hydrogen (secondary N) is 1. The summed E-state index contributed by atoms with van der Waals surface area (Å²) in [5, 5.41) is 13.9. The highest BCUT2D eigenvalue weighted by atomic mass is 19.1. The van der Waals surface area contributed by atoms with Gasteiger partial charge in [0.2, 0.25) is 5.91 Å². The molecule has 1 aromatic carbocycles. The van der Waals surface area contributed by atoms with Crippen LogP contribution in [0.25, 0.3) is 0 Å². The van der Waals surface area contributed by atoms with Crippen LogP contribution < -0.4 is 5.32 Å². The van der Waals surface area contributed by atoms with E-state index in [4.69, 9.17) is 0 Å². The summed E-state index contributed by atoms with van der Waals surface area (Å²) in [7, 11) is 0. The van der Waals surface area contributed by atoms with Gasteiger partial charge in [-0.25, -0.2) is 4.39 Å². The van der Waals surface area contributed by atoms with Gasteiger partial charge < -0.3 is 10.2 Å². The lowest BCUT2D eigenvalue weighted by molar-refractivity contribution is -0.385. The van der Waals surface area contributed by atoms with Crippen molar-refractivity contribution in [2.75, 3.05) is 6.54 Å². The third-order valence-corrected chi connectivity index (χ3v) is 3.22. The molecule has 0 unspecified atom stereocenters. The van der Waals surface area contributed by atoms with Gasteiger partial charge >= 0.3 is 0 Å². The molecule has 0 saturated heterocycles. The fourth-order valence-electron chi connectivity index (χ4n) is 2.23. The molecule has 7 heteroatoms. The average molecular weight is 323 g/mol. The zero-order valence-electron chi connectivity index (χ0n) is 13.6. The van der Waals surface area contributed by atoms with Gasteiger partial charge in [-0.1, -0.05) is 19.9 Å². The van der Waals surface area contributed by atoms with E-state index in [1.807, 2.05) is 13.8 Å². The SMILES string of the molecule is C=CCN(Cc1cc([N+](=O)[O-])ccc1F)C(=O)[C@H](C)NC(C)C. The number of benzene rings is 1. The van der Waals surface area contributed by atoms with Gasteiger partial charge in [0.1, 0.15) is 5.82 Å². The van der Waals surface area contributed by atoms with Crippen LogP contribution in [0, 0.1) is 15.9 Å². The van der Waals surface area contributed by atoms with E-state index in [2.05, 4.69) is 11.9 Å². The lowest BCUT2D eigenvalue weighted by atomic mass is 10.1. The number of halogens is 1. The lowest BCUT2D eigenvalue weighted by Gasteiger charge is -2.26. The van der Waals surface area contributed by atoms with Crippen molar-refractivity contribution in [2.24, 2.45) is 0 Å². The zero-order valence-corrected chi connectivity index (χ0v) is 13.6. The smallest absolute Gasteiger partial charge is 0.269 e. The van der Waals surface area contributed by atoms with E-state index in [1.165, 1.54) is 11.0 Å². The predicted octanol–water partition coefficient (Wildman–Crippen LogP) is 2.64. The second kappa shape index (κ2) is 8.38. The monoisotopic (exact) mass is 323 g/mol. The van der Waals surface area contributed by atoms with Crippen molar-refractivity contribution in [1.29, 1.82) is 0 Å². The summed E-state index contributed by atoms with van der Waals surface area (Å²) in [6.07, 6.45) is 1.54. The van der Waals surface area contributed by atoms with E-state index < -0.39 is 16.8 Å². The minimum atomic E-state index is -0.592. The first kappa shape index (κ1) is 18.8. The molecule has 0 fully saturated rings. The summed E-state index contributed by atoms with van der Waals surface area (Å²) < 4.78 is 13.9. The van der Waals surface area contributed by atoms with Crippen LogP contribution >= 0.6 is 0 Å². The molecular weight excluding hydrogens is 301 g/mol. The van der Waals surface area contributed by atoms with Crippen molar-refractivity contribution in [1.82, 2.24) is 10.2 Å². The maximum atomic E-state index is 13.9. The number of nitro benzene ring substituents is 1. The van der Waals surface area contributed by atoms with Gasteiger partial charge in [0, 0.05) is 36.8 Å². The van der Waals surface area contributed by atoms with Gasteiger partial charge in [-0.3, -0.25) is 14.9 Å². The molecule has 1 aromatic rings. The third-order valence-electron chi connectivity index (χ3n) is 3.22. The minimum Gasteiger partial charge on any atom is -0.333 e. The number of nitro groups is 1. The van der Waals surface area contributed by atoms with Crippen LogP contribution in [-0.4, -0.2) is 34.4 Å². The van der Waals surface area contributed by atoms with Crippen LogP contribution in [0.2, 0.25) is 0 Å². The molecule has 1 atom stereocenters. The Hall–Kier alpha value is -2.28. The molecule has 0 aliphatic carbocycles. The second-order valence-corrected chi connectivity index (χ2v) is 5.58. The number of hydrogen-bond donors (Lipinski definition) is 1. The first-order valence-electron chi connectivity index (χ1n) is 7.34. The molecule has 0 aliphatic rings. The Morgan fingerprint density at radius 2 is 2.13 bits per heavy atom. The maximum Gasteiger partial charge on any atom is 0.269 e. The molecule has 1 N–H and O–H groups in total. The van der Waals surface area contributed by atoms with Crippen molar-refractivity contribution >= 4 is 11.6 Å². The Morgan fingerprint density at radius 1 is 1.48 bits per heavy atom. The highest BCUT2D eigenvalue weighted by Gasteiger charge is 2.22. The largest absolute Gasteiger partial charge is 0.333 e. The standard InChI is InChI=1S/C16H22FN3O3/c1-5-8-19(16(21)12(4)18-11(2)3)10-13-9-14(20(22)23)6-7-15(13)17/h5-7,9,11-12,18H,1,8,10H2,2-4H3/t12-/m0/s1. The Kier molecular flexibility index (Phi) is 6.84. The molecule has 23 heavy (non-hydrogen) atoms. The van der Waals surface area contributed by atoms with Gasteiger partial charge in [-0.15, -0.1) is 6.58 Å². The summed E-state index contributed by atoms with van der Waals surface area (Å²) in [4.78, 5) is 24.1. The number of non-ortho nitro benzene ring substituents is 1. The molecule has 0 aromatic heterocycles. The molecule has 0 spiro atoms. The number of rotatable bonds is 8. The fraction of sp³-hybridized carbons (Fsp3) is 0.438. The van der Waals surface area contributed by atoms with Crippen molar-refractivity contribution in [2.45, 2.75) is 39.4 Å². The number of carbonyl (C=O) groups excluding carboxylic acids is 1. The number of nitrogens with zero attached hydrogens (tertiary/aromatic N) is 2. The maximum absolute atomic E-state index is 13.9. The van der Waals surface area contributed by atoms with Gasteiger partial charge in [-0.05, 0) is 13.0 Å². The van der Waals surface area contributed by atoms with E-state index in [9.17, 15) is 19.3 Å². The molecular formula is C16H22FN3O3. The highest BCUT2D eigenvalue weighted by Crippen LogP contribution is 2.19. The van der Waals surface area contributed by atoms with Gasteiger partial charge in [0.15, 0.2) is 0 Å². The van der Waals surface area contributed by atoms with E-state index in [0.717, 1.165) is 18.2 Å². The lowest BCUT2D eigenvalue weighted by Crippen LogP contribution is -2.46. The van der Waals surface area contributed by atoms with E-state index >= 15 is 0 Å². The number of hydrogen-bond acceptors (Lipinski definition) is 4. The molecule has 0 radical (unpaired) electrons.